The van der Waals surface area contributed by atoms with Gasteiger partial charge in [0.2, 0.25) is 0 Å². The van der Waals surface area contributed by atoms with Crippen LogP contribution in [-0.2, 0) is 12.3 Å². The highest BCUT2D eigenvalue weighted by Crippen LogP contribution is 2.30. The van der Waals surface area contributed by atoms with Gasteiger partial charge in [-0.25, -0.2) is 0 Å². The zero-order valence-corrected chi connectivity index (χ0v) is 12.7. The van der Waals surface area contributed by atoms with E-state index >= 15 is 0 Å². The molecule has 5 heteroatoms. The molecule has 4 N–H and O–H groups in total. The zero-order valence-electron chi connectivity index (χ0n) is 11.1. The van der Waals surface area contributed by atoms with Crippen molar-refractivity contribution in [3.05, 3.63) is 51.2 Å². The Morgan fingerprint density at radius 1 is 1.30 bits per heavy atom. The molecule has 3 nitrogen and oxygen atoms in total. The fraction of sp³-hybridized carbons (Fsp3) is 0.267. The minimum absolute atomic E-state index is 0.627. The van der Waals surface area contributed by atoms with Crippen LogP contribution in [-0.4, -0.2) is 18.0 Å². The lowest BCUT2D eigenvalue weighted by atomic mass is 10.0. The Morgan fingerprint density at radius 2 is 2.20 bits per heavy atom. The predicted octanol–water partition coefficient (Wildman–Crippen LogP) is 3.28. The summed E-state index contributed by atoms with van der Waals surface area (Å²) >= 11 is 3.56. The van der Waals surface area contributed by atoms with E-state index in [1.54, 1.807) is 11.3 Å². The van der Waals surface area contributed by atoms with Gasteiger partial charge >= 0.3 is 0 Å². The molecule has 0 saturated heterocycles. The zero-order chi connectivity index (χ0) is 13.9. The van der Waals surface area contributed by atoms with Gasteiger partial charge in [0.15, 0.2) is 0 Å². The van der Waals surface area contributed by atoms with Gasteiger partial charge in [-0.2, -0.15) is 11.8 Å². The number of anilines is 1. The summed E-state index contributed by atoms with van der Waals surface area (Å²) in [6, 6.07) is 8.40. The number of nitrogens with two attached hydrogens (primary N) is 1. The molecule has 0 fully saturated rings. The van der Waals surface area contributed by atoms with Gasteiger partial charge in [0.1, 0.15) is 0 Å². The largest absolute Gasteiger partial charge is 0.380 e. The number of thiophene rings is 1. The first-order chi connectivity index (χ1) is 9.79. The second-order valence-electron chi connectivity index (χ2n) is 4.71. The van der Waals surface area contributed by atoms with Crippen LogP contribution in [0.5, 0.6) is 0 Å². The molecule has 0 aliphatic carbocycles. The lowest BCUT2D eigenvalue weighted by Crippen LogP contribution is -2.03. The molecule has 2 heterocycles. The van der Waals surface area contributed by atoms with E-state index in [0.717, 1.165) is 41.4 Å². The average Bonchev–Trinajstić information content (AvgIpc) is 2.89. The molecule has 0 amide bonds. The molecule has 0 atom stereocenters. The minimum Gasteiger partial charge on any atom is -0.380 e. The second kappa shape index (κ2) is 5.99. The number of nitrogens with one attached hydrogen (secondary N) is 2. The first-order valence-electron chi connectivity index (χ1n) is 6.60. The van der Waals surface area contributed by atoms with Gasteiger partial charge in [0.25, 0.3) is 0 Å². The number of hydrogen-bond donors (Lipinski definition) is 3. The maximum Gasteiger partial charge on any atom is 0.0717 e. The summed E-state index contributed by atoms with van der Waals surface area (Å²) in [5.41, 5.74) is 10.6. The van der Waals surface area contributed by atoms with Gasteiger partial charge in [0.05, 0.1) is 12.3 Å². The Balaban J connectivity index is 1.87. The Labute approximate surface area is 127 Å². The summed E-state index contributed by atoms with van der Waals surface area (Å²) in [5, 5.41) is 13.9. The van der Waals surface area contributed by atoms with Crippen LogP contribution in [0, 0.1) is 5.41 Å². The summed E-state index contributed by atoms with van der Waals surface area (Å²) in [6.07, 6.45) is 0. The highest BCUT2D eigenvalue weighted by molar-refractivity contribution is 7.98. The molecule has 104 valence electrons. The van der Waals surface area contributed by atoms with Crippen LogP contribution in [0.15, 0.2) is 29.6 Å². The molecule has 1 aliphatic rings. The van der Waals surface area contributed by atoms with Crippen LogP contribution in [0.2, 0.25) is 0 Å². The molecule has 0 saturated carbocycles. The Hall–Kier alpha value is -1.30. The second-order valence-corrected chi connectivity index (χ2v) is 6.81. The Morgan fingerprint density at radius 3 is 3.05 bits per heavy atom. The predicted molar refractivity (Wildman–Crippen MR) is 89.2 cm³/mol. The number of fused-ring (bicyclic) bond motifs is 2. The summed E-state index contributed by atoms with van der Waals surface area (Å²) in [7, 11) is 0. The van der Waals surface area contributed by atoms with E-state index in [1.165, 1.54) is 10.4 Å². The molecule has 2 aromatic rings. The van der Waals surface area contributed by atoms with E-state index in [1.807, 2.05) is 17.8 Å². The SMILES string of the molecule is N=C1c2ccc(CSCCN)cc2NCc2sccc21. The van der Waals surface area contributed by atoms with Crippen molar-refractivity contribution >= 4 is 34.5 Å². The van der Waals surface area contributed by atoms with Gasteiger partial charge in [-0.05, 0) is 23.1 Å². The van der Waals surface area contributed by atoms with Crippen LogP contribution in [0.25, 0.3) is 0 Å². The molecule has 0 spiro atoms. The monoisotopic (exact) mass is 303 g/mol. The molecule has 0 radical (unpaired) electrons. The van der Waals surface area contributed by atoms with Crippen LogP contribution >= 0.6 is 23.1 Å². The van der Waals surface area contributed by atoms with Gasteiger partial charge in [0, 0.05) is 39.7 Å². The topological polar surface area (TPSA) is 61.9 Å². The normalized spacial score (nSPS) is 13.3. The van der Waals surface area contributed by atoms with Crippen molar-refractivity contribution in [3.63, 3.8) is 0 Å². The molecule has 3 rings (SSSR count). The molecular weight excluding hydrogens is 286 g/mol. The van der Waals surface area contributed by atoms with Crippen molar-refractivity contribution in [3.8, 4) is 0 Å². The van der Waals surface area contributed by atoms with E-state index in [9.17, 15) is 0 Å². The quantitative estimate of drug-likeness (QED) is 0.760. The summed E-state index contributed by atoms with van der Waals surface area (Å²) < 4.78 is 0. The Kier molecular flexibility index (Phi) is 4.10. The highest BCUT2D eigenvalue weighted by Gasteiger charge is 2.18. The molecule has 1 aromatic heterocycles. The third-order valence-electron chi connectivity index (χ3n) is 3.34. The fourth-order valence-corrected chi connectivity index (χ4v) is 3.89. The molecule has 0 bridgehead atoms. The lowest BCUT2D eigenvalue weighted by Gasteiger charge is -2.10. The maximum absolute atomic E-state index is 8.39. The minimum atomic E-state index is 0.627. The summed E-state index contributed by atoms with van der Waals surface area (Å²) in [5.74, 6) is 1.96. The van der Waals surface area contributed by atoms with E-state index in [0.29, 0.717) is 5.71 Å². The van der Waals surface area contributed by atoms with Crippen LogP contribution in [0.4, 0.5) is 5.69 Å². The fourth-order valence-electron chi connectivity index (χ4n) is 2.34. The number of hydrogen-bond acceptors (Lipinski definition) is 5. The smallest absolute Gasteiger partial charge is 0.0717 e. The lowest BCUT2D eigenvalue weighted by molar-refractivity contribution is 1.15. The number of thioether (sulfide) groups is 1. The summed E-state index contributed by atoms with van der Waals surface area (Å²) in [4.78, 5) is 1.24. The van der Waals surface area contributed by atoms with Crippen LogP contribution in [0.3, 0.4) is 0 Å². The van der Waals surface area contributed by atoms with E-state index < -0.39 is 0 Å². The van der Waals surface area contributed by atoms with Crippen molar-refractivity contribution in [2.45, 2.75) is 12.3 Å². The molecule has 1 aliphatic heterocycles. The van der Waals surface area contributed by atoms with E-state index in [2.05, 4.69) is 28.9 Å². The first kappa shape index (κ1) is 13.7. The van der Waals surface area contributed by atoms with Crippen molar-refractivity contribution < 1.29 is 0 Å². The standard InChI is InChI=1S/C15H17N3S2/c16-4-6-19-9-10-1-2-11-13(7-10)18-8-14-12(15(11)17)3-5-20-14/h1-3,5,7,17-18H,4,6,8-9,16H2. The molecular formula is C15H17N3S2. The van der Waals surface area contributed by atoms with E-state index in [4.69, 9.17) is 11.1 Å². The third kappa shape index (κ3) is 2.61. The number of rotatable bonds is 4. The van der Waals surface area contributed by atoms with Crippen LogP contribution < -0.4 is 11.1 Å². The molecule has 0 unspecified atom stereocenters. The van der Waals surface area contributed by atoms with Gasteiger partial charge in [-0.15, -0.1) is 11.3 Å². The van der Waals surface area contributed by atoms with Crippen molar-refractivity contribution in [1.29, 1.82) is 5.41 Å². The van der Waals surface area contributed by atoms with Gasteiger partial charge < -0.3 is 11.1 Å². The third-order valence-corrected chi connectivity index (χ3v) is 5.32. The maximum atomic E-state index is 8.39. The summed E-state index contributed by atoms with van der Waals surface area (Å²) in [6.45, 7) is 1.53. The van der Waals surface area contributed by atoms with Crippen molar-refractivity contribution in [2.24, 2.45) is 5.73 Å². The first-order valence-corrected chi connectivity index (χ1v) is 8.63. The van der Waals surface area contributed by atoms with E-state index in [-0.39, 0.29) is 0 Å². The number of benzene rings is 1. The molecule has 1 aromatic carbocycles. The Bertz CT molecular complexity index is 634. The van der Waals surface area contributed by atoms with Crippen LogP contribution in [0.1, 0.15) is 21.6 Å². The highest BCUT2D eigenvalue weighted by atomic mass is 32.2. The average molecular weight is 303 g/mol. The van der Waals surface area contributed by atoms with Gasteiger partial charge in [-0.1, -0.05) is 12.1 Å². The van der Waals surface area contributed by atoms with Crippen molar-refractivity contribution in [1.82, 2.24) is 0 Å². The van der Waals surface area contributed by atoms with Crippen molar-refractivity contribution in [2.75, 3.05) is 17.6 Å². The van der Waals surface area contributed by atoms with Gasteiger partial charge in [-0.3, -0.25) is 5.41 Å². The molecule has 20 heavy (non-hydrogen) atoms.